The van der Waals surface area contributed by atoms with Crippen LogP contribution in [-0.2, 0) is 0 Å². The quantitative estimate of drug-likeness (QED) is 0.681. The van der Waals surface area contributed by atoms with Crippen molar-refractivity contribution in [2.75, 3.05) is 0 Å². The van der Waals surface area contributed by atoms with Crippen molar-refractivity contribution < 1.29 is 0 Å². The summed E-state index contributed by atoms with van der Waals surface area (Å²) in [6.45, 7) is 4.51. The Labute approximate surface area is 80.0 Å². The molecule has 0 saturated heterocycles. The maximum atomic E-state index is 3.70. The van der Waals surface area contributed by atoms with Crippen LogP contribution in [-0.4, -0.2) is 3.23 Å². The third-order valence-corrected chi connectivity index (χ3v) is 4.76. The molecule has 0 aromatic carbocycles. The molecule has 0 N–H and O–H groups in total. The molecule has 1 aliphatic rings. The Bertz CT molecular complexity index is 120. The van der Waals surface area contributed by atoms with Gasteiger partial charge in [0.1, 0.15) is 0 Å². The van der Waals surface area contributed by atoms with E-state index in [2.05, 4.69) is 45.7 Å². The van der Waals surface area contributed by atoms with Crippen molar-refractivity contribution in [1.82, 2.24) is 0 Å². The van der Waals surface area contributed by atoms with Gasteiger partial charge in [0.2, 0.25) is 0 Å². The zero-order valence-corrected chi connectivity index (χ0v) is 9.70. The van der Waals surface area contributed by atoms with Crippen LogP contribution in [0, 0.1) is 11.8 Å². The molecule has 0 aromatic heterocycles. The van der Waals surface area contributed by atoms with Crippen molar-refractivity contribution in [2.24, 2.45) is 11.8 Å². The van der Waals surface area contributed by atoms with Gasteiger partial charge in [-0.25, -0.2) is 0 Å². The average molecular weight is 270 g/mol. The fourth-order valence-corrected chi connectivity index (χ4v) is 3.84. The van der Waals surface area contributed by atoms with Crippen LogP contribution in [0.4, 0.5) is 0 Å². The van der Waals surface area contributed by atoms with Crippen molar-refractivity contribution in [3.05, 3.63) is 0 Å². The van der Waals surface area contributed by atoms with E-state index in [-0.39, 0.29) is 0 Å². The standard InChI is InChI=1S/C8H14Br2/c1-3-5-7-6(4-2)8(7,9)10/h6-7H,3-5H2,1-2H3. The molecule has 60 valence electrons. The van der Waals surface area contributed by atoms with Crippen LogP contribution in [0.5, 0.6) is 0 Å². The summed E-state index contributed by atoms with van der Waals surface area (Å²) in [5.41, 5.74) is 0. The van der Waals surface area contributed by atoms with E-state index in [1.807, 2.05) is 0 Å². The smallest absolute Gasteiger partial charge is 0.0721 e. The molecule has 0 aliphatic heterocycles. The van der Waals surface area contributed by atoms with Gasteiger partial charge in [0, 0.05) is 0 Å². The molecule has 1 aliphatic carbocycles. The summed E-state index contributed by atoms with van der Waals surface area (Å²) in [5, 5.41) is 0. The second kappa shape index (κ2) is 3.14. The minimum Gasteiger partial charge on any atom is -0.0721 e. The molecule has 0 radical (unpaired) electrons. The number of hydrogen-bond acceptors (Lipinski definition) is 0. The Morgan fingerprint density at radius 2 is 1.80 bits per heavy atom. The van der Waals surface area contributed by atoms with E-state index in [4.69, 9.17) is 0 Å². The molecule has 0 heterocycles. The van der Waals surface area contributed by atoms with Gasteiger partial charge in [-0.05, 0) is 18.3 Å². The molecule has 2 unspecified atom stereocenters. The lowest BCUT2D eigenvalue weighted by Crippen LogP contribution is -1.87. The number of hydrogen-bond donors (Lipinski definition) is 0. The number of rotatable bonds is 3. The van der Waals surface area contributed by atoms with Gasteiger partial charge in [0.15, 0.2) is 0 Å². The zero-order valence-electron chi connectivity index (χ0n) is 6.53. The van der Waals surface area contributed by atoms with Gasteiger partial charge in [0.05, 0.1) is 3.23 Å². The summed E-state index contributed by atoms with van der Waals surface area (Å²) in [5.74, 6) is 1.75. The second-order valence-corrected chi connectivity index (χ2v) is 6.77. The molecular weight excluding hydrogens is 256 g/mol. The third-order valence-electron chi connectivity index (χ3n) is 2.40. The van der Waals surface area contributed by atoms with Gasteiger partial charge in [0.25, 0.3) is 0 Å². The monoisotopic (exact) mass is 268 g/mol. The second-order valence-electron chi connectivity index (χ2n) is 3.08. The molecule has 0 nitrogen and oxygen atoms in total. The van der Waals surface area contributed by atoms with Crippen LogP contribution in [0.2, 0.25) is 0 Å². The number of alkyl halides is 2. The molecular formula is C8H14Br2. The first-order chi connectivity index (χ1) is 4.64. The molecule has 10 heavy (non-hydrogen) atoms. The molecule has 0 aromatic rings. The minimum atomic E-state index is 0.310. The lowest BCUT2D eigenvalue weighted by Gasteiger charge is -1.94. The van der Waals surface area contributed by atoms with Gasteiger partial charge in [-0.15, -0.1) is 0 Å². The fraction of sp³-hybridized carbons (Fsp3) is 1.00. The Kier molecular flexibility index (Phi) is 2.84. The maximum Gasteiger partial charge on any atom is 0.0868 e. The normalized spacial score (nSPS) is 36.0. The summed E-state index contributed by atoms with van der Waals surface area (Å²) in [7, 11) is 0. The first-order valence-electron chi connectivity index (χ1n) is 4.02. The lowest BCUT2D eigenvalue weighted by atomic mass is 10.2. The van der Waals surface area contributed by atoms with Crippen molar-refractivity contribution >= 4 is 31.9 Å². The third kappa shape index (κ3) is 1.42. The highest BCUT2D eigenvalue weighted by Gasteiger charge is 2.59. The Hall–Kier alpha value is 0.960. The molecule has 1 saturated carbocycles. The van der Waals surface area contributed by atoms with Gasteiger partial charge in [-0.1, -0.05) is 58.5 Å². The maximum absolute atomic E-state index is 3.70. The van der Waals surface area contributed by atoms with Gasteiger partial charge < -0.3 is 0 Å². The van der Waals surface area contributed by atoms with Crippen LogP contribution < -0.4 is 0 Å². The van der Waals surface area contributed by atoms with Crippen molar-refractivity contribution in [3.8, 4) is 0 Å². The van der Waals surface area contributed by atoms with Crippen molar-refractivity contribution in [3.63, 3.8) is 0 Å². The van der Waals surface area contributed by atoms with Crippen LogP contribution in [0.25, 0.3) is 0 Å². The van der Waals surface area contributed by atoms with Crippen LogP contribution >= 0.6 is 31.9 Å². The van der Waals surface area contributed by atoms with Gasteiger partial charge >= 0.3 is 0 Å². The molecule has 0 amide bonds. The van der Waals surface area contributed by atoms with E-state index in [9.17, 15) is 0 Å². The van der Waals surface area contributed by atoms with E-state index >= 15 is 0 Å². The fourth-order valence-electron chi connectivity index (χ4n) is 1.72. The van der Waals surface area contributed by atoms with Gasteiger partial charge in [-0.3, -0.25) is 0 Å². The summed E-state index contributed by atoms with van der Waals surface area (Å²) >= 11 is 7.39. The average Bonchev–Trinajstić information content (AvgIpc) is 2.36. The van der Waals surface area contributed by atoms with Crippen molar-refractivity contribution in [2.45, 2.75) is 36.3 Å². The predicted octanol–water partition coefficient (Wildman–Crippen LogP) is 3.93. The first-order valence-corrected chi connectivity index (χ1v) is 5.61. The SMILES string of the molecule is CCCC1C(CC)C1(Br)Br. The summed E-state index contributed by atoms with van der Waals surface area (Å²) in [4.78, 5) is 0. The van der Waals surface area contributed by atoms with Crippen LogP contribution in [0.3, 0.4) is 0 Å². The first kappa shape index (κ1) is 9.05. The van der Waals surface area contributed by atoms with E-state index < -0.39 is 0 Å². The zero-order chi connectivity index (χ0) is 7.78. The summed E-state index contributed by atoms with van der Waals surface area (Å²) in [6, 6.07) is 0. The highest BCUT2D eigenvalue weighted by molar-refractivity contribution is 9.25. The largest absolute Gasteiger partial charge is 0.0868 e. The Morgan fingerprint density at radius 3 is 2.10 bits per heavy atom. The van der Waals surface area contributed by atoms with E-state index in [1.54, 1.807) is 0 Å². The Morgan fingerprint density at radius 1 is 1.20 bits per heavy atom. The van der Waals surface area contributed by atoms with E-state index in [0.717, 1.165) is 11.8 Å². The molecule has 1 fully saturated rings. The van der Waals surface area contributed by atoms with Gasteiger partial charge in [-0.2, -0.15) is 0 Å². The van der Waals surface area contributed by atoms with E-state index in [0.29, 0.717) is 3.23 Å². The van der Waals surface area contributed by atoms with Crippen LogP contribution in [0.1, 0.15) is 33.1 Å². The Balaban J connectivity index is 2.37. The summed E-state index contributed by atoms with van der Waals surface area (Å²) < 4.78 is 0.310. The molecule has 2 heteroatoms. The summed E-state index contributed by atoms with van der Waals surface area (Å²) in [6.07, 6.45) is 3.95. The topological polar surface area (TPSA) is 0 Å². The number of halogens is 2. The molecule has 0 bridgehead atoms. The highest BCUT2D eigenvalue weighted by atomic mass is 79.9. The predicted molar refractivity (Wildman–Crippen MR) is 52.8 cm³/mol. The molecule has 1 rings (SSSR count). The highest BCUT2D eigenvalue weighted by Crippen LogP contribution is 2.64. The lowest BCUT2D eigenvalue weighted by molar-refractivity contribution is 0.621. The molecule has 0 spiro atoms. The van der Waals surface area contributed by atoms with Crippen molar-refractivity contribution in [1.29, 1.82) is 0 Å². The van der Waals surface area contributed by atoms with E-state index in [1.165, 1.54) is 19.3 Å². The molecule has 2 atom stereocenters. The van der Waals surface area contributed by atoms with Crippen LogP contribution in [0.15, 0.2) is 0 Å². The minimum absolute atomic E-state index is 0.310.